The molecule has 0 amide bonds. The number of hydrogen-bond donors (Lipinski definition) is 1. The molecule has 2 rings (SSSR count). The van der Waals surface area contributed by atoms with Gasteiger partial charge in [0.15, 0.2) is 0 Å². The van der Waals surface area contributed by atoms with Crippen molar-refractivity contribution in [2.45, 2.75) is 19.1 Å². The fourth-order valence-electron chi connectivity index (χ4n) is 2.56. The van der Waals surface area contributed by atoms with Crippen LogP contribution in [-0.2, 0) is 0 Å². The molecule has 1 unspecified atom stereocenters. The molecule has 1 aromatic heterocycles. The Morgan fingerprint density at radius 3 is 2.35 bits per heavy atom. The summed E-state index contributed by atoms with van der Waals surface area (Å²) in [5, 5.41) is 0. The van der Waals surface area contributed by atoms with Gasteiger partial charge in [-0.05, 0) is 19.1 Å². The van der Waals surface area contributed by atoms with E-state index in [4.69, 9.17) is 5.73 Å². The third-order valence-electron chi connectivity index (χ3n) is 3.56. The maximum Gasteiger partial charge on any atom is 0.401 e. The first-order chi connectivity index (χ1) is 9.39. The molecule has 3 nitrogen and oxygen atoms in total. The Labute approximate surface area is 121 Å². The summed E-state index contributed by atoms with van der Waals surface area (Å²) in [6, 6.07) is 4.25. The van der Waals surface area contributed by atoms with Crippen LogP contribution in [0.1, 0.15) is 15.8 Å². The van der Waals surface area contributed by atoms with Gasteiger partial charge < -0.3 is 5.73 Å². The minimum Gasteiger partial charge on any atom is -0.329 e. The van der Waals surface area contributed by atoms with E-state index >= 15 is 0 Å². The Morgan fingerprint density at radius 1 is 1.25 bits per heavy atom. The van der Waals surface area contributed by atoms with E-state index in [0.717, 1.165) is 0 Å². The van der Waals surface area contributed by atoms with E-state index in [2.05, 4.69) is 17.0 Å². The molecule has 0 bridgehead atoms. The Bertz CT molecular complexity index is 425. The smallest absolute Gasteiger partial charge is 0.329 e. The van der Waals surface area contributed by atoms with Gasteiger partial charge in [-0.15, -0.1) is 11.3 Å². The normalized spacial score (nSPS) is 20.2. The first-order valence-electron chi connectivity index (χ1n) is 6.68. The standard InChI is InChI=1S/C13H20F3N3S/c1-10-2-3-12(20-10)11(8-17)19-6-4-18(5-7-19)9-13(14,15)16/h2-3,11H,4-9,17H2,1H3. The van der Waals surface area contributed by atoms with Crippen molar-refractivity contribution in [2.24, 2.45) is 5.73 Å². The highest BCUT2D eigenvalue weighted by molar-refractivity contribution is 7.12. The van der Waals surface area contributed by atoms with Crippen LogP contribution < -0.4 is 5.73 Å². The van der Waals surface area contributed by atoms with Crippen LogP contribution in [0.2, 0.25) is 0 Å². The van der Waals surface area contributed by atoms with Crippen LogP contribution in [0.4, 0.5) is 13.2 Å². The van der Waals surface area contributed by atoms with Crippen LogP contribution in [0.5, 0.6) is 0 Å². The summed E-state index contributed by atoms with van der Waals surface area (Å²) in [5.74, 6) is 0. The average Bonchev–Trinajstić information content (AvgIpc) is 2.77. The van der Waals surface area contributed by atoms with Crippen molar-refractivity contribution >= 4 is 11.3 Å². The highest BCUT2D eigenvalue weighted by Crippen LogP contribution is 2.28. The highest BCUT2D eigenvalue weighted by atomic mass is 32.1. The van der Waals surface area contributed by atoms with Crippen LogP contribution in [0, 0.1) is 6.92 Å². The molecule has 1 aliphatic heterocycles. The van der Waals surface area contributed by atoms with E-state index < -0.39 is 12.7 Å². The third-order valence-corrected chi connectivity index (χ3v) is 4.67. The SMILES string of the molecule is Cc1ccc(C(CN)N2CCN(CC(F)(F)F)CC2)s1. The Kier molecular flexibility index (Phi) is 5.06. The number of halogens is 3. The summed E-state index contributed by atoms with van der Waals surface area (Å²) >= 11 is 1.71. The molecule has 7 heteroatoms. The fraction of sp³-hybridized carbons (Fsp3) is 0.692. The van der Waals surface area contributed by atoms with Gasteiger partial charge in [0.1, 0.15) is 0 Å². The molecule has 0 aromatic carbocycles. The van der Waals surface area contributed by atoms with E-state index in [9.17, 15) is 13.2 Å². The van der Waals surface area contributed by atoms with Crippen LogP contribution in [0.25, 0.3) is 0 Å². The molecule has 1 atom stereocenters. The van der Waals surface area contributed by atoms with Crippen molar-refractivity contribution in [3.8, 4) is 0 Å². The van der Waals surface area contributed by atoms with Gasteiger partial charge in [0.05, 0.1) is 12.6 Å². The molecule has 1 saturated heterocycles. The summed E-state index contributed by atoms with van der Waals surface area (Å²) < 4.78 is 37.1. The summed E-state index contributed by atoms with van der Waals surface area (Å²) in [7, 11) is 0. The van der Waals surface area contributed by atoms with Crippen LogP contribution in [-0.4, -0.2) is 55.2 Å². The predicted octanol–water partition coefficient (Wildman–Crippen LogP) is 2.24. The van der Waals surface area contributed by atoms with Crippen molar-refractivity contribution < 1.29 is 13.2 Å². The van der Waals surface area contributed by atoms with Gasteiger partial charge in [0, 0.05) is 42.5 Å². The van der Waals surface area contributed by atoms with Gasteiger partial charge in [0.2, 0.25) is 0 Å². The lowest BCUT2D eigenvalue weighted by Crippen LogP contribution is -2.51. The topological polar surface area (TPSA) is 32.5 Å². The molecule has 1 aliphatic rings. The average molecular weight is 307 g/mol. The second-order valence-corrected chi connectivity index (χ2v) is 6.45. The Morgan fingerprint density at radius 2 is 1.90 bits per heavy atom. The lowest BCUT2D eigenvalue weighted by Gasteiger charge is -2.38. The van der Waals surface area contributed by atoms with Crippen LogP contribution in [0.15, 0.2) is 12.1 Å². The molecule has 1 fully saturated rings. The Hall–Kier alpha value is -0.630. The zero-order valence-electron chi connectivity index (χ0n) is 11.5. The molecule has 2 heterocycles. The van der Waals surface area contributed by atoms with Crippen molar-refractivity contribution in [3.05, 3.63) is 21.9 Å². The van der Waals surface area contributed by atoms with E-state index in [-0.39, 0.29) is 6.04 Å². The second kappa shape index (κ2) is 6.43. The van der Waals surface area contributed by atoms with Gasteiger partial charge in [0.25, 0.3) is 0 Å². The number of alkyl halides is 3. The molecule has 0 saturated carbocycles. The molecule has 114 valence electrons. The number of nitrogens with two attached hydrogens (primary N) is 1. The second-order valence-electron chi connectivity index (χ2n) is 5.13. The summed E-state index contributed by atoms with van der Waals surface area (Å²) in [6.07, 6.45) is -4.11. The fourth-order valence-corrected chi connectivity index (χ4v) is 3.59. The Balaban J connectivity index is 1.92. The number of hydrogen-bond acceptors (Lipinski definition) is 4. The zero-order chi connectivity index (χ0) is 14.8. The van der Waals surface area contributed by atoms with Gasteiger partial charge in [-0.2, -0.15) is 13.2 Å². The van der Waals surface area contributed by atoms with Crippen molar-refractivity contribution in [3.63, 3.8) is 0 Å². The highest BCUT2D eigenvalue weighted by Gasteiger charge is 2.33. The lowest BCUT2D eigenvalue weighted by molar-refractivity contribution is -0.149. The molecule has 0 spiro atoms. The summed E-state index contributed by atoms with van der Waals surface area (Å²) in [6.45, 7) is 3.89. The predicted molar refractivity (Wildman–Crippen MR) is 74.9 cm³/mol. The van der Waals surface area contributed by atoms with E-state index in [0.29, 0.717) is 32.7 Å². The van der Waals surface area contributed by atoms with Gasteiger partial charge in [-0.25, -0.2) is 0 Å². The maximum atomic E-state index is 12.4. The molecule has 20 heavy (non-hydrogen) atoms. The number of aryl methyl sites for hydroxylation is 1. The first-order valence-corrected chi connectivity index (χ1v) is 7.50. The quantitative estimate of drug-likeness (QED) is 0.926. The molecule has 0 aliphatic carbocycles. The van der Waals surface area contributed by atoms with Gasteiger partial charge in [-0.1, -0.05) is 0 Å². The number of rotatable bonds is 4. The monoisotopic (exact) mass is 307 g/mol. The molecule has 0 radical (unpaired) electrons. The number of nitrogens with zero attached hydrogens (tertiary/aromatic N) is 2. The van der Waals surface area contributed by atoms with E-state index in [1.54, 1.807) is 11.3 Å². The minimum absolute atomic E-state index is 0.127. The third kappa shape index (κ3) is 4.18. The summed E-state index contributed by atoms with van der Waals surface area (Å²) in [5.41, 5.74) is 5.85. The first kappa shape index (κ1) is 15.8. The summed E-state index contributed by atoms with van der Waals surface area (Å²) in [4.78, 5) is 6.09. The number of piperazine rings is 1. The van der Waals surface area contributed by atoms with E-state index in [1.165, 1.54) is 14.7 Å². The molecular formula is C13H20F3N3S. The minimum atomic E-state index is -4.11. The van der Waals surface area contributed by atoms with Gasteiger partial charge >= 0.3 is 6.18 Å². The van der Waals surface area contributed by atoms with Gasteiger partial charge in [-0.3, -0.25) is 9.80 Å². The van der Waals surface area contributed by atoms with Crippen LogP contribution in [0.3, 0.4) is 0 Å². The number of thiophene rings is 1. The van der Waals surface area contributed by atoms with Crippen LogP contribution >= 0.6 is 11.3 Å². The molecule has 1 aromatic rings. The molecule has 2 N–H and O–H groups in total. The van der Waals surface area contributed by atoms with Crippen molar-refractivity contribution in [1.29, 1.82) is 0 Å². The zero-order valence-corrected chi connectivity index (χ0v) is 12.3. The largest absolute Gasteiger partial charge is 0.401 e. The molecular weight excluding hydrogens is 287 g/mol. The maximum absolute atomic E-state index is 12.4. The van der Waals surface area contributed by atoms with E-state index in [1.807, 2.05) is 6.92 Å². The van der Waals surface area contributed by atoms with Crippen molar-refractivity contribution in [2.75, 3.05) is 39.3 Å². The van der Waals surface area contributed by atoms with Crippen molar-refractivity contribution in [1.82, 2.24) is 9.80 Å². The lowest BCUT2D eigenvalue weighted by atomic mass is 10.1.